The number of anilines is 1. The monoisotopic (exact) mass is 417 g/mol. The van der Waals surface area contributed by atoms with Crippen LogP contribution in [-0.2, 0) is 10.0 Å². The van der Waals surface area contributed by atoms with Crippen LogP contribution >= 0.6 is 31.9 Å². The molecule has 0 radical (unpaired) electrons. The summed E-state index contributed by atoms with van der Waals surface area (Å²) in [5.41, 5.74) is 2.41. The van der Waals surface area contributed by atoms with Crippen molar-refractivity contribution in [3.8, 4) is 0 Å². The largest absolute Gasteiger partial charge is 0.279 e. The van der Waals surface area contributed by atoms with Crippen molar-refractivity contribution < 1.29 is 8.42 Å². The smallest absolute Gasteiger partial charge is 0.263 e. The lowest BCUT2D eigenvalue weighted by Crippen LogP contribution is -2.15. The van der Waals surface area contributed by atoms with Crippen molar-refractivity contribution in [3.05, 3.63) is 56.5 Å². The highest BCUT2D eigenvalue weighted by Crippen LogP contribution is 2.29. The van der Waals surface area contributed by atoms with E-state index in [1.165, 1.54) is 0 Å². The van der Waals surface area contributed by atoms with Crippen LogP contribution in [0.3, 0.4) is 0 Å². The van der Waals surface area contributed by atoms with Crippen molar-refractivity contribution in [2.75, 3.05) is 4.72 Å². The van der Waals surface area contributed by atoms with Crippen molar-refractivity contribution in [1.29, 1.82) is 0 Å². The summed E-state index contributed by atoms with van der Waals surface area (Å²) in [5, 5.41) is 0. The maximum absolute atomic E-state index is 12.5. The van der Waals surface area contributed by atoms with Crippen molar-refractivity contribution >= 4 is 47.6 Å². The van der Waals surface area contributed by atoms with E-state index >= 15 is 0 Å². The molecule has 0 saturated heterocycles. The van der Waals surface area contributed by atoms with Crippen molar-refractivity contribution in [2.24, 2.45) is 0 Å². The summed E-state index contributed by atoms with van der Waals surface area (Å²) in [4.78, 5) is 0.211. The Kier molecular flexibility index (Phi) is 4.56. The van der Waals surface area contributed by atoms with Gasteiger partial charge in [0.05, 0.1) is 5.69 Å². The van der Waals surface area contributed by atoms with E-state index in [1.54, 1.807) is 18.2 Å². The Morgan fingerprint density at radius 1 is 1.00 bits per heavy atom. The topological polar surface area (TPSA) is 46.2 Å². The van der Waals surface area contributed by atoms with E-state index in [1.807, 2.05) is 32.0 Å². The van der Waals surface area contributed by atoms with Crippen LogP contribution in [0.25, 0.3) is 0 Å². The summed E-state index contributed by atoms with van der Waals surface area (Å²) >= 11 is 6.59. The minimum atomic E-state index is -3.62. The molecule has 0 spiro atoms. The molecule has 0 aliphatic rings. The zero-order chi connectivity index (χ0) is 14.9. The third-order valence-electron chi connectivity index (χ3n) is 2.90. The lowest BCUT2D eigenvalue weighted by molar-refractivity contribution is 0.600. The molecule has 0 amide bonds. The van der Waals surface area contributed by atoms with Crippen molar-refractivity contribution in [1.82, 2.24) is 0 Å². The fourth-order valence-corrected chi connectivity index (χ4v) is 4.81. The van der Waals surface area contributed by atoms with Crippen LogP contribution in [0.4, 0.5) is 5.69 Å². The molecule has 0 aliphatic heterocycles. The van der Waals surface area contributed by atoms with Gasteiger partial charge in [0, 0.05) is 8.95 Å². The lowest BCUT2D eigenvalue weighted by Gasteiger charge is -2.14. The number of aryl methyl sites for hydroxylation is 2. The predicted octanol–water partition coefficient (Wildman–Crippen LogP) is 4.63. The standard InChI is InChI=1S/C14H13Br2NO2S/c1-9-4-3-5-10(2)14(9)17-20(18,19)13-7-6-11(15)8-12(13)16/h3-8,17H,1-2H3. The molecule has 0 atom stereocenters. The number of rotatable bonds is 3. The average Bonchev–Trinajstić information content (AvgIpc) is 2.33. The summed E-state index contributed by atoms with van der Waals surface area (Å²) < 4.78 is 29.0. The predicted molar refractivity (Wildman–Crippen MR) is 88.6 cm³/mol. The molecule has 0 saturated carbocycles. The van der Waals surface area contributed by atoms with Gasteiger partial charge in [-0.3, -0.25) is 4.72 Å². The fraction of sp³-hybridized carbons (Fsp3) is 0.143. The Balaban J connectivity index is 2.46. The van der Waals surface area contributed by atoms with E-state index < -0.39 is 10.0 Å². The summed E-state index contributed by atoms with van der Waals surface area (Å²) in [6, 6.07) is 10.6. The van der Waals surface area contributed by atoms with Crippen LogP contribution in [0.15, 0.2) is 50.2 Å². The number of hydrogen-bond donors (Lipinski definition) is 1. The summed E-state index contributed by atoms with van der Waals surface area (Å²) in [7, 11) is -3.62. The van der Waals surface area contributed by atoms with Gasteiger partial charge in [0.2, 0.25) is 0 Å². The van der Waals surface area contributed by atoms with E-state index in [2.05, 4.69) is 36.6 Å². The molecule has 0 aromatic heterocycles. The summed E-state index contributed by atoms with van der Waals surface area (Å²) in [5.74, 6) is 0. The molecule has 3 nitrogen and oxygen atoms in total. The highest BCUT2D eigenvalue weighted by atomic mass is 79.9. The molecule has 6 heteroatoms. The van der Waals surface area contributed by atoms with Gasteiger partial charge in [0.1, 0.15) is 4.90 Å². The minimum Gasteiger partial charge on any atom is -0.279 e. The van der Waals surface area contributed by atoms with Crippen LogP contribution in [0.2, 0.25) is 0 Å². The summed E-state index contributed by atoms with van der Waals surface area (Å²) in [6.45, 7) is 3.75. The Labute approximate surface area is 135 Å². The number of benzene rings is 2. The third-order valence-corrected chi connectivity index (χ3v) is 5.72. The summed E-state index contributed by atoms with van der Waals surface area (Å²) in [6.07, 6.45) is 0. The van der Waals surface area contributed by atoms with E-state index in [0.717, 1.165) is 15.6 Å². The Morgan fingerprint density at radius 3 is 2.15 bits per heavy atom. The zero-order valence-electron chi connectivity index (χ0n) is 10.9. The van der Waals surface area contributed by atoms with Gasteiger partial charge in [-0.25, -0.2) is 8.42 Å². The average molecular weight is 419 g/mol. The molecule has 0 aliphatic carbocycles. The van der Waals surface area contributed by atoms with Gasteiger partial charge in [0.25, 0.3) is 10.0 Å². The number of hydrogen-bond acceptors (Lipinski definition) is 2. The second kappa shape index (κ2) is 5.87. The van der Waals surface area contributed by atoms with E-state index in [4.69, 9.17) is 0 Å². The van der Waals surface area contributed by atoms with Gasteiger partial charge in [-0.2, -0.15) is 0 Å². The van der Waals surface area contributed by atoms with Gasteiger partial charge in [-0.15, -0.1) is 0 Å². The maximum atomic E-state index is 12.5. The van der Waals surface area contributed by atoms with E-state index in [-0.39, 0.29) is 4.90 Å². The Morgan fingerprint density at radius 2 is 1.60 bits per heavy atom. The van der Waals surface area contributed by atoms with Gasteiger partial charge >= 0.3 is 0 Å². The van der Waals surface area contributed by atoms with Gasteiger partial charge in [0.15, 0.2) is 0 Å². The maximum Gasteiger partial charge on any atom is 0.263 e. The molecule has 2 rings (SSSR count). The van der Waals surface area contributed by atoms with Crippen LogP contribution in [-0.4, -0.2) is 8.42 Å². The lowest BCUT2D eigenvalue weighted by atomic mass is 10.1. The third kappa shape index (κ3) is 3.24. The highest BCUT2D eigenvalue weighted by Gasteiger charge is 2.19. The molecule has 0 fully saturated rings. The molecule has 0 bridgehead atoms. The first-order valence-corrected chi connectivity index (χ1v) is 8.92. The molecule has 106 valence electrons. The fourth-order valence-electron chi connectivity index (χ4n) is 1.86. The van der Waals surface area contributed by atoms with Crippen LogP contribution in [0, 0.1) is 13.8 Å². The number of para-hydroxylation sites is 1. The first-order valence-electron chi connectivity index (χ1n) is 5.85. The van der Waals surface area contributed by atoms with Gasteiger partial charge < -0.3 is 0 Å². The molecule has 0 heterocycles. The van der Waals surface area contributed by atoms with E-state index in [0.29, 0.717) is 10.2 Å². The number of sulfonamides is 1. The van der Waals surface area contributed by atoms with Crippen LogP contribution < -0.4 is 4.72 Å². The normalized spacial score (nSPS) is 11.4. The first kappa shape index (κ1) is 15.5. The minimum absolute atomic E-state index is 0.211. The molecule has 20 heavy (non-hydrogen) atoms. The first-order chi connectivity index (χ1) is 9.31. The SMILES string of the molecule is Cc1cccc(C)c1NS(=O)(=O)c1ccc(Br)cc1Br. The molecule has 2 aromatic carbocycles. The molecule has 2 aromatic rings. The van der Waals surface area contributed by atoms with E-state index in [9.17, 15) is 8.42 Å². The Bertz CT molecular complexity index is 738. The molecule has 0 unspecified atom stereocenters. The second-order valence-electron chi connectivity index (χ2n) is 4.45. The molecular weight excluding hydrogens is 406 g/mol. The van der Waals surface area contributed by atoms with Crippen molar-refractivity contribution in [3.63, 3.8) is 0 Å². The quantitative estimate of drug-likeness (QED) is 0.789. The number of halogens is 2. The van der Waals surface area contributed by atoms with Crippen LogP contribution in [0.1, 0.15) is 11.1 Å². The number of nitrogens with one attached hydrogen (secondary N) is 1. The Hall–Kier alpha value is -0.850. The van der Waals surface area contributed by atoms with Gasteiger partial charge in [-0.1, -0.05) is 34.1 Å². The zero-order valence-corrected chi connectivity index (χ0v) is 14.9. The van der Waals surface area contributed by atoms with Gasteiger partial charge in [-0.05, 0) is 59.1 Å². The second-order valence-corrected chi connectivity index (χ2v) is 7.87. The highest BCUT2D eigenvalue weighted by molar-refractivity contribution is 9.11. The molecule has 1 N–H and O–H groups in total. The van der Waals surface area contributed by atoms with Crippen LogP contribution in [0.5, 0.6) is 0 Å². The molecular formula is C14H13Br2NO2S. The van der Waals surface area contributed by atoms with Crippen molar-refractivity contribution in [2.45, 2.75) is 18.7 Å².